The lowest BCUT2D eigenvalue weighted by Crippen LogP contribution is -2.61. The summed E-state index contributed by atoms with van der Waals surface area (Å²) in [6, 6.07) is -4.34. The molecule has 0 saturated carbocycles. The van der Waals surface area contributed by atoms with Crippen LogP contribution in [0.4, 0.5) is 0 Å². The third kappa shape index (κ3) is 20.3. The summed E-state index contributed by atoms with van der Waals surface area (Å²) in [7, 11) is 0. The molecule has 2 aliphatic rings. The Bertz CT molecular complexity index is 2610. The predicted octanol–water partition coefficient (Wildman–Crippen LogP) is -2.11. The molecule has 2 saturated heterocycles. The van der Waals surface area contributed by atoms with Gasteiger partial charge < -0.3 is 79.4 Å². The third-order valence-electron chi connectivity index (χ3n) is 14.2. The number of nitrogens with two attached hydrogens (primary N) is 3. The summed E-state index contributed by atoms with van der Waals surface area (Å²) in [5.41, 5.74) is 17.7. The lowest BCUT2D eigenvalue weighted by atomic mass is 9.99. The number of carbonyl (C=O) groups is 12. The van der Waals surface area contributed by atoms with E-state index in [2.05, 4.69) is 42.2 Å². The second kappa shape index (κ2) is 32.3. The molecule has 0 aliphatic carbocycles. The molecule has 0 unspecified atom stereocenters. The van der Waals surface area contributed by atoms with Gasteiger partial charge in [0.05, 0.1) is 18.7 Å². The van der Waals surface area contributed by atoms with Crippen LogP contribution in [0.25, 0.3) is 10.9 Å². The number of hydrogen-bond acceptors (Lipinski definition) is 15. The van der Waals surface area contributed by atoms with Gasteiger partial charge in [0.1, 0.15) is 42.3 Å². The Labute approximate surface area is 480 Å². The number of hydrogen-bond donors (Lipinski definition) is 13. The zero-order valence-electron chi connectivity index (χ0n) is 47.5. The van der Waals surface area contributed by atoms with E-state index in [1.165, 1.54) is 21.6 Å². The molecule has 3 heterocycles. The first-order valence-corrected chi connectivity index (χ1v) is 29.1. The van der Waals surface area contributed by atoms with Gasteiger partial charge in [-0.15, -0.1) is 0 Å². The number of primary amides is 2. The van der Waals surface area contributed by atoms with E-state index in [1.54, 1.807) is 32.4 Å². The topological polar surface area (TPSA) is 430 Å². The number of nitrogens with one attached hydrogen (secondary N) is 8. The highest BCUT2D eigenvalue weighted by Crippen LogP contribution is 2.26. The molecule has 0 spiro atoms. The summed E-state index contributed by atoms with van der Waals surface area (Å²) in [5, 5.41) is 38.6. The highest BCUT2D eigenvalue weighted by molar-refractivity contribution is 7.98. The zero-order valence-corrected chi connectivity index (χ0v) is 48.3. The predicted molar refractivity (Wildman–Crippen MR) is 302 cm³/mol. The fraction of sp³-hybridized carbons (Fsp3) is 0.630. The van der Waals surface area contributed by atoms with E-state index in [0.29, 0.717) is 30.6 Å². The highest BCUT2D eigenvalue weighted by Gasteiger charge is 2.43. The molecule has 10 atom stereocenters. The maximum atomic E-state index is 14.7. The Morgan fingerprint density at radius 3 is 1.76 bits per heavy atom. The van der Waals surface area contributed by atoms with Crippen molar-refractivity contribution in [3.05, 3.63) is 36.0 Å². The van der Waals surface area contributed by atoms with Crippen LogP contribution in [0.1, 0.15) is 111 Å². The molecule has 454 valence electrons. The van der Waals surface area contributed by atoms with E-state index >= 15 is 0 Å². The molecular weight excluding hydrogens is 1090 g/mol. The Balaban J connectivity index is 1.56. The molecule has 82 heavy (non-hydrogen) atoms. The van der Waals surface area contributed by atoms with Gasteiger partial charge in [0.2, 0.25) is 65.0 Å². The van der Waals surface area contributed by atoms with Crippen molar-refractivity contribution in [2.75, 3.05) is 31.6 Å². The van der Waals surface area contributed by atoms with Crippen molar-refractivity contribution < 1.29 is 67.7 Å². The average molecular weight is 1170 g/mol. The number of rotatable bonds is 33. The summed E-state index contributed by atoms with van der Waals surface area (Å²) >= 11 is 1.38. The van der Waals surface area contributed by atoms with Crippen LogP contribution in [0.5, 0.6) is 0 Å². The largest absolute Gasteiger partial charge is 0.480 e. The lowest BCUT2D eigenvalue weighted by molar-refractivity contribution is -0.147. The van der Waals surface area contributed by atoms with Crippen molar-refractivity contribution in [2.24, 2.45) is 29.0 Å². The van der Waals surface area contributed by atoms with E-state index in [-0.39, 0.29) is 76.3 Å². The first-order chi connectivity index (χ1) is 38.7. The van der Waals surface area contributed by atoms with Gasteiger partial charge in [-0.3, -0.25) is 52.7 Å². The maximum absolute atomic E-state index is 14.7. The fourth-order valence-electron chi connectivity index (χ4n) is 9.84. The molecule has 27 nitrogen and oxygen atoms in total. The first-order valence-electron chi connectivity index (χ1n) is 27.7. The van der Waals surface area contributed by atoms with Crippen LogP contribution in [0, 0.1) is 11.8 Å². The van der Waals surface area contributed by atoms with Gasteiger partial charge in [-0.25, -0.2) is 4.79 Å². The number of benzene rings is 1. The monoisotopic (exact) mass is 1170 g/mol. The van der Waals surface area contributed by atoms with Gasteiger partial charge in [0, 0.05) is 49.5 Å². The summed E-state index contributed by atoms with van der Waals surface area (Å²) in [5.74, 6) is -9.62. The quantitative estimate of drug-likeness (QED) is 0.0364. The number of thioether (sulfide) groups is 1. The van der Waals surface area contributed by atoms with Gasteiger partial charge in [-0.2, -0.15) is 11.8 Å². The molecule has 2 aromatic rings. The van der Waals surface area contributed by atoms with E-state index in [1.807, 2.05) is 32.0 Å². The normalized spacial score (nSPS) is 18.0. The number of aromatic amines is 1. The lowest BCUT2D eigenvalue weighted by Gasteiger charge is -2.32. The molecule has 2 aliphatic heterocycles. The number of H-pyrrole nitrogens is 1. The maximum Gasteiger partial charge on any atom is 0.328 e. The van der Waals surface area contributed by atoms with Crippen LogP contribution in [-0.4, -0.2) is 188 Å². The van der Waals surface area contributed by atoms with E-state index in [4.69, 9.17) is 17.2 Å². The summed E-state index contributed by atoms with van der Waals surface area (Å²) in [4.78, 5) is 166. The van der Waals surface area contributed by atoms with Gasteiger partial charge in [-0.05, 0) is 100 Å². The van der Waals surface area contributed by atoms with Crippen molar-refractivity contribution >= 4 is 93.6 Å². The number of aliphatic hydroxyl groups excluding tert-OH is 1. The molecule has 1 aromatic heterocycles. The number of carbonyl (C=O) groups excluding carboxylic acids is 11. The van der Waals surface area contributed by atoms with Crippen LogP contribution in [-0.2, 0) is 64.0 Å². The number of para-hydroxylation sites is 1. The number of nitrogens with zero attached hydrogens (tertiary/aromatic N) is 2. The minimum absolute atomic E-state index is 0.00126. The van der Waals surface area contributed by atoms with Crippen molar-refractivity contribution in [3.8, 4) is 0 Å². The number of fused-ring (bicyclic) bond motifs is 1. The molecule has 28 heteroatoms. The van der Waals surface area contributed by atoms with Gasteiger partial charge in [0.25, 0.3) is 0 Å². The Morgan fingerprint density at radius 1 is 0.659 bits per heavy atom. The zero-order chi connectivity index (χ0) is 61.0. The first kappa shape index (κ1) is 67.2. The number of aliphatic hydroxyl groups is 1. The molecule has 2 fully saturated rings. The van der Waals surface area contributed by atoms with Crippen molar-refractivity contribution in [3.63, 3.8) is 0 Å². The van der Waals surface area contributed by atoms with E-state index in [0.717, 1.165) is 17.8 Å². The minimum atomic E-state index is -1.77. The van der Waals surface area contributed by atoms with Crippen molar-refractivity contribution in [1.82, 2.24) is 52.0 Å². The number of carboxylic acid groups (broad SMARTS) is 1. The number of aliphatic carboxylic acids is 1. The SMILES string of the molecule is CSCC[C@H](NC(=O)[C@H](CC(C)C)NC(=O)[C@@H]1CCCN1C(=O)[C@@H]1CCCN1C(=O)CNC(=O)[C@@H](N)CCC(N)=O)C(=O)N[C@@H](Cc1c[nH]c2ccccc12)C(=O)N[C@@H](CC(C)C)C(=O)N[C@@H](CCC(N)=O)C(=O)N[C@H](C(=O)O)[C@@H](C)O. The van der Waals surface area contributed by atoms with Crippen LogP contribution in [0.2, 0.25) is 0 Å². The van der Waals surface area contributed by atoms with Crippen molar-refractivity contribution in [1.29, 1.82) is 0 Å². The number of likely N-dealkylation sites (tertiary alicyclic amines) is 2. The van der Waals surface area contributed by atoms with Crippen LogP contribution < -0.4 is 54.4 Å². The number of aromatic nitrogens is 1. The summed E-state index contributed by atoms with van der Waals surface area (Å²) in [6.07, 6.45) is 2.59. The second-order valence-corrected chi connectivity index (χ2v) is 22.7. The Kier molecular flexibility index (Phi) is 26.5. The van der Waals surface area contributed by atoms with Crippen LogP contribution in [0.3, 0.4) is 0 Å². The standard InChI is InChI=1S/C54H83N13O14S/c1-28(2)23-37(49(75)60-35(16-18-43(57)70)48(74)65-45(30(5)68)54(80)81)62-51(77)39(25-31-26-58-34-12-8-7-11-32(31)34)63-47(73)36(19-22-82-6)61-50(76)38(24-29(3)4)64-52(78)40-13-9-21-67(40)53(79)41-14-10-20-66(41)44(71)27-59-46(72)33(55)15-17-42(56)69/h7-8,11-12,26,28-30,33,35-41,45,58,68H,9-10,13-25,27,55H2,1-6H3,(H2,56,69)(H2,57,70)(H,59,72)(H,60,75)(H,61,76)(H,62,77)(H,63,73)(H,64,78)(H,65,74)(H,80,81)/t30-,33+,35+,36+,37+,38+,39+,40+,41+,45+/m1/s1. The van der Waals surface area contributed by atoms with E-state index in [9.17, 15) is 67.7 Å². The fourth-order valence-corrected chi connectivity index (χ4v) is 10.3. The molecular formula is C54H83N13O14S. The molecule has 0 radical (unpaired) electrons. The molecule has 16 N–H and O–H groups in total. The summed E-state index contributed by atoms with van der Waals surface area (Å²) in [6.45, 7) is 8.32. The molecule has 4 rings (SSSR count). The number of amides is 11. The van der Waals surface area contributed by atoms with Crippen molar-refractivity contribution in [2.45, 2.75) is 172 Å². The number of carboxylic acids is 1. The second-order valence-electron chi connectivity index (χ2n) is 21.7. The van der Waals surface area contributed by atoms with Crippen LogP contribution >= 0.6 is 11.8 Å². The minimum Gasteiger partial charge on any atom is -0.480 e. The molecule has 0 bridgehead atoms. The summed E-state index contributed by atoms with van der Waals surface area (Å²) < 4.78 is 0. The smallest absolute Gasteiger partial charge is 0.328 e. The van der Waals surface area contributed by atoms with Gasteiger partial charge in [0.15, 0.2) is 6.04 Å². The van der Waals surface area contributed by atoms with Gasteiger partial charge in [-0.1, -0.05) is 45.9 Å². The molecule has 11 amide bonds. The molecule has 1 aromatic carbocycles. The Morgan fingerprint density at radius 2 is 1.17 bits per heavy atom. The average Bonchev–Trinajstić information content (AvgIpc) is 4.23. The van der Waals surface area contributed by atoms with Crippen LogP contribution in [0.15, 0.2) is 30.5 Å². The van der Waals surface area contributed by atoms with Gasteiger partial charge >= 0.3 is 5.97 Å². The van der Waals surface area contributed by atoms with E-state index < -0.39 is 144 Å². The Hall–Kier alpha value is -7.33. The third-order valence-corrected chi connectivity index (χ3v) is 14.8. The highest BCUT2D eigenvalue weighted by atomic mass is 32.2.